The Labute approximate surface area is 93.5 Å². The molecule has 0 atom stereocenters. The van der Waals surface area contributed by atoms with Gasteiger partial charge in [0.05, 0.1) is 0 Å². The van der Waals surface area contributed by atoms with Crippen molar-refractivity contribution >= 4 is 12.6 Å². The van der Waals surface area contributed by atoms with Crippen LogP contribution in [0.5, 0.6) is 5.75 Å². The maximum Gasteiger partial charge on any atom is 0.560 e. The Morgan fingerprint density at radius 3 is 2.19 bits per heavy atom. The summed E-state index contributed by atoms with van der Waals surface area (Å²) >= 11 is 0. The van der Waals surface area contributed by atoms with Crippen molar-refractivity contribution in [3.05, 3.63) is 60.4 Å². The third kappa shape index (κ3) is 2.61. The molecule has 80 valence electrons. The molecule has 2 aromatic carbocycles. The molecule has 0 saturated heterocycles. The molecule has 0 spiro atoms. The normalized spacial score (nSPS) is 9.88. The fraction of sp³-hybridized carbons (Fsp3) is 0. The summed E-state index contributed by atoms with van der Waals surface area (Å²) in [5.74, 6) is 0.231. The van der Waals surface area contributed by atoms with Crippen molar-refractivity contribution in [2.75, 3.05) is 0 Å². The second kappa shape index (κ2) is 4.81. The minimum Gasteiger partial charge on any atom is -0.532 e. The van der Waals surface area contributed by atoms with Crippen LogP contribution in [-0.4, -0.2) is 12.1 Å². The molecule has 0 heterocycles. The molecule has 4 heteroatoms. The molecule has 0 aliphatic heterocycles. The van der Waals surface area contributed by atoms with E-state index in [0.29, 0.717) is 11.2 Å². The van der Waals surface area contributed by atoms with Crippen LogP contribution in [0.15, 0.2) is 54.6 Å². The first-order valence-electron chi connectivity index (χ1n) is 4.91. The first-order chi connectivity index (χ1) is 7.75. The third-order valence-corrected chi connectivity index (χ3v) is 2.15. The van der Waals surface area contributed by atoms with Crippen molar-refractivity contribution in [2.24, 2.45) is 0 Å². The van der Waals surface area contributed by atoms with Gasteiger partial charge >= 0.3 is 7.12 Å². The van der Waals surface area contributed by atoms with Crippen LogP contribution in [-0.2, 0) is 0 Å². The summed E-state index contributed by atoms with van der Waals surface area (Å²) in [6, 6.07) is 14.5. The SMILES string of the molecule is OB(Oc1ccccc1)c1ccc(F)cc1. The van der Waals surface area contributed by atoms with Crippen LogP contribution in [0.25, 0.3) is 0 Å². The highest BCUT2D eigenvalue weighted by atomic mass is 19.1. The molecule has 1 N–H and O–H groups in total. The van der Waals surface area contributed by atoms with Gasteiger partial charge < -0.3 is 9.68 Å². The highest BCUT2D eigenvalue weighted by Crippen LogP contribution is 2.08. The van der Waals surface area contributed by atoms with Gasteiger partial charge in [0.25, 0.3) is 0 Å². The van der Waals surface area contributed by atoms with Gasteiger partial charge in [0.2, 0.25) is 0 Å². The van der Waals surface area contributed by atoms with Gasteiger partial charge in [0, 0.05) is 0 Å². The van der Waals surface area contributed by atoms with Crippen LogP contribution in [0.3, 0.4) is 0 Å². The van der Waals surface area contributed by atoms with Crippen LogP contribution in [0, 0.1) is 5.82 Å². The largest absolute Gasteiger partial charge is 0.560 e. The molecule has 2 rings (SSSR count). The molecule has 2 aromatic rings. The number of halogens is 1. The van der Waals surface area contributed by atoms with Crippen molar-refractivity contribution < 1.29 is 14.1 Å². The zero-order chi connectivity index (χ0) is 11.4. The average molecular weight is 216 g/mol. The third-order valence-electron chi connectivity index (χ3n) is 2.15. The van der Waals surface area contributed by atoms with Crippen molar-refractivity contribution in [3.8, 4) is 5.75 Å². The summed E-state index contributed by atoms with van der Waals surface area (Å²) < 4.78 is 17.9. The number of rotatable bonds is 3. The van der Waals surface area contributed by atoms with Crippen molar-refractivity contribution in [3.63, 3.8) is 0 Å². The van der Waals surface area contributed by atoms with E-state index in [0.717, 1.165) is 0 Å². The summed E-state index contributed by atoms with van der Waals surface area (Å²) in [6.07, 6.45) is 0. The maximum atomic E-state index is 12.7. The van der Waals surface area contributed by atoms with Crippen LogP contribution >= 0.6 is 0 Å². The van der Waals surface area contributed by atoms with Crippen LogP contribution < -0.4 is 10.1 Å². The van der Waals surface area contributed by atoms with E-state index in [1.807, 2.05) is 18.2 Å². The van der Waals surface area contributed by atoms with E-state index < -0.39 is 7.12 Å². The number of para-hydroxylation sites is 1. The fourth-order valence-corrected chi connectivity index (χ4v) is 1.32. The van der Waals surface area contributed by atoms with E-state index in [2.05, 4.69) is 0 Å². The van der Waals surface area contributed by atoms with Crippen LogP contribution in [0.1, 0.15) is 0 Å². The van der Waals surface area contributed by atoms with Crippen LogP contribution in [0.4, 0.5) is 4.39 Å². The van der Waals surface area contributed by atoms with E-state index in [1.54, 1.807) is 12.1 Å². The lowest BCUT2D eigenvalue weighted by Gasteiger charge is -2.09. The van der Waals surface area contributed by atoms with E-state index >= 15 is 0 Å². The number of hydrogen-bond acceptors (Lipinski definition) is 2. The summed E-state index contributed by atoms with van der Waals surface area (Å²) in [6.45, 7) is 0. The Balaban J connectivity index is 2.09. The lowest BCUT2D eigenvalue weighted by atomic mass is 9.79. The summed E-state index contributed by atoms with van der Waals surface area (Å²) in [5.41, 5.74) is 0.519. The van der Waals surface area contributed by atoms with E-state index in [9.17, 15) is 9.41 Å². The standard InChI is InChI=1S/C12H10BFO2/c14-11-8-6-10(7-9-11)13(15)16-12-4-2-1-3-5-12/h1-9,15H. The van der Waals surface area contributed by atoms with Gasteiger partial charge in [0.15, 0.2) is 0 Å². The van der Waals surface area contributed by atoms with E-state index in [4.69, 9.17) is 4.65 Å². The molecule has 0 aromatic heterocycles. The number of hydrogen-bond donors (Lipinski definition) is 1. The molecule has 2 nitrogen and oxygen atoms in total. The molecule has 0 saturated carbocycles. The molecule has 0 aliphatic carbocycles. The second-order valence-electron chi connectivity index (χ2n) is 3.33. The average Bonchev–Trinajstić information content (AvgIpc) is 2.31. The minimum absolute atomic E-state index is 0.337. The van der Waals surface area contributed by atoms with Gasteiger partial charge in [-0.25, -0.2) is 4.39 Å². The predicted octanol–water partition coefficient (Wildman–Crippen LogP) is 1.59. The lowest BCUT2D eigenvalue weighted by molar-refractivity contribution is 0.432. The Kier molecular flexibility index (Phi) is 3.22. The highest BCUT2D eigenvalue weighted by Gasteiger charge is 2.18. The predicted molar refractivity (Wildman–Crippen MR) is 61.1 cm³/mol. The summed E-state index contributed by atoms with van der Waals surface area (Å²) in [4.78, 5) is 0. The minimum atomic E-state index is -1.08. The quantitative estimate of drug-likeness (QED) is 0.789. The molecular weight excluding hydrogens is 206 g/mol. The fourth-order valence-electron chi connectivity index (χ4n) is 1.32. The zero-order valence-corrected chi connectivity index (χ0v) is 8.51. The van der Waals surface area contributed by atoms with Gasteiger partial charge in [-0.1, -0.05) is 30.3 Å². The van der Waals surface area contributed by atoms with Gasteiger partial charge in [-0.2, -0.15) is 0 Å². The molecule has 0 aliphatic rings. The van der Waals surface area contributed by atoms with E-state index in [1.165, 1.54) is 24.3 Å². The summed E-state index contributed by atoms with van der Waals surface area (Å²) in [5, 5.41) is 9.72. The molecule has 0 radical (unpaired) electrons. The van der Waals surface area contributed by atoms with Gasteiger partial charge in [-0.3, -0.25) is 0 Å². The smallest absolute Gasteiger partial charge is 0.532 e. The van der Waals surface area contributed by atoms with Crippen molar-refractivity contribution in [1.29, 1.82) is 0 Å². The van der Waals surface area contributed by atoms with Crippen molar-refractivity contribution in [1.82, 2.24) is 0 Å². The topological polar surface area (TPSA) is 29.5 Å². The monoisotopic (exact) mass is 216 g/mol. The Morgan fingerprint density at radius 1 is 0.938 bits per heavy atom. The molecule has 16 heavy (non-hydrogen) atoms. The number of benzene rings is 2. The first-order valence-corrected chi connectivity index (χ1v) is 4.91. The van der Waals surface area contributed by atoms with Gasteiger partial charge in [-0.15, -0.1) is 0 Å². The summed E-state index contributed by atoms with van der Waals surface area (Å²) in [7, 11) is -1.08. The lowest BCUT2D eigenvalue weighted by Crippen LogP contribution is -2.36. The Morgan fingerprint density at radius 2 is 1.56 bits per heavy atom. The second-order valence-corrected chi connectivity index (χ2v) is 3.33. The Hall–Kier alpha value is -1.81. The van der Waals surface area contributed by atoms with Gasteiger partial charge in [-0.05, 0) is 29.7 Å². The zero-order valence-electron chi connectivity index (χ0n) is 8.51. The van der Waals surface area contributed by atoms with E-state index in [-0.39, 0.29) is 5.82 Å². The van der Waals surface area contributed by atoms with Gasteiger partial charge in [0.1, 0.15) is 11.6 Å². The molecule has 0 bridgehead atoms. The molecule has 0 unspecified atom stereocenters. The highest BCUT2D eigenvalue weighted by molar-refractivity contribution is 6.60. The van der Waals surface area contributed by atoms with Crippen molar-refractivity contribution in [2.45, 2.75) is 0 Å². The van der Waals surface area contributed by atoms with Crippen LogP contribution in [0.2, 0.25) is 0 Å². The molecule has 0 amide bonds. The first kappa shape index (κ1) is 10.7. The molecular formula is C12H10BFO2. The molecule has 0 fully saturated rings. The maximum absolute atomic E-state index is 12.7. The Bertz CT molecular complexity index is 444.